The second-order valence-corrected chi connectivity index (χ2v) is 6.28. The minimum Gasteiger partial charge on any atom is -0.322 e. The molecule has 1 amide bonds. The highest BCUT2D eigenvalue weighted by Gasteiger charge is 2.14. The molecule has 0 bridgehead atoms. The molecule has 0 saturated heterocycles. The van der Waals surface area contributed by atoms with E-state index in [0.717, 1.165) is 36.3 Å². The first-order valence-corrected chi connectivity index (χ1v) is 8.59. The lowest BCUT2D eigenvalue weighted by atomic mass is 9.98. The molecule has 3 aromatic carbocycles. The van der Waals surface area contributed by atoms with Crippen LogP contribution >= 0.6 is 0 Å². The van der Waals surface area contributed by atoms with Gasteiger partial charge in [0.1, 0.15) is 0 Å². The topological polar surface area (TPSA) is 41.1 Å². The van der Waals surface area contributed by atoms with Crippen molar-refractivity contribution >= 4 is 11.6 Å². The lowest BCUT2D eigenvalue weighted by Crippen LogP contribution is -2.23. The SMILES string of the molecule is O=C(Nc1ccc2c(c1)CCNC2)c1ccccc1-c1ccccc1. The fraction of sp³-hybridized carbons (Fsp3) is 0.136. The molecule has 1 aliphatic heterocycles. The van der Waals surface area contributed by atoms with E-state index in [4.69, 9.17) is 0 Å². The quantitative estimate of drug-likeness (QED) is 0.754. The fourth-order valence-electron chi connectivity index (χ4n) is 3.30. The van der Waals surface area contributed by atoms with Gasteiger partial charge in [0.05, 0.1) is 0 Å². The molecule has 0 atom stereocenters. The van der Waals surface area contributed by atoms with Gasteiger partial charge in [-0.3, -0.25) is 4.79 Å². The van der Waals surface area contributed by atoms with Crippen LogP contribution in [0.3, 0.4) is 0 Å². The highest BCUT2D eigenvalue weighted by atomic mass is 16.1. The summed E-state index contributed by atoms with van der Waals surface area (Å²) >= 11 is 0. The molecule has 124 valence electrons. The van der Waals surface area contributed by atoms with Crippen molar-refractivity contribution in [3.8, 4) is 11.1 Å². The Kier molecular flexibility index (Phi) is 4.32. The molecule has 1 heterocycles. The number of carbonyl (C=O) groups excluding carboxylic acids is 1. The van der Waals surface area contributed by atoms with Gasteiger partial charge in [-0.25, -0.2) is 0 Å². The Bertz CT molecular complexity index is 903. The smallest absolute Gasteiger partial charge is 0.256 e. The molecular weight excluding hydrogens is 308 g/mol. The van der Waals surface area contributed by atoms with E-state index in [9.17, 15) is 4.79 Å². The number of benzene rings is 3. The second-order valence-electron chi connectivity index (χ2n) is 6.28. The summed E-state index contributed by atoms with van der Waals surface area (Å²) in [4.78, 5) is 12.9. The highest BCUT2D eigenvalue weighted by Crippen LogP contribution is 2.25. The average molecular weight is 328 g/mol. The summed E-state index contributed by atoms with van der Waals surface area (Å²) in [6.07, 6.45) is 1.000. The van der Waals surface area contributed by atoms with Crippen molar-refractivity contribution in [3.05, 3.63) is 89.5 Å². The maximum absolute atomic E-state index is 12.9. The second kappa shape index (κ2) is 6.91. The average Bonchev–Trinajstić information content (AvgIpc) is 2.68. The highest BCUT2D eigenvalue weighted by molar-refractivity contribution is 6.08. The van der Waals surface area contributed by atoms with E-state index < -0.39 is 0 Å². The molecule has 3 heteroatoms. The first-order chi connectivity index (χ1) is 12.3. The van der Waals surface area contributed by atoms with Crippen LogP contribution in [0, 0.1) is 0 Å². The van der Waals surface area contributed by atoms with Crippen molar-refractivity contribution in [1.82, 2.24) is 5.32 Å². The normalized spacial score (nSPS) is 13.1. The molecular formula is C22H20N2O. The number of rotatable bonds is 3. The predicted molar refractivity (Wildman–Crippen MR) is 102 cm³/mol. The Balaban J connectivity index is 1.62. The molecule has 0 aromatic heterocycles. The predicted octanol–water partition coefficient (Wildman–Crippen LogP) is 4.25. The molecule has 4 rings (SSSR count). The van der Waals surface area contributed by atoms with Crippen LogP contribution in [0.4, 0.5) is 5.69 Å². The van der Waals surface area contributed by atoms with Gasteiger partial charge in [-0.15, -0.1) is 0 Å². The lowest BCUT2D eigenvalue weighted by molar-refractivity contribution is 0.102. The summed E-state index contributed by atoms with van der Waals surface area (Å²) in [5.41, 5.74) is 6.16. The van der Waals surface area contributed by atoms with Gasteiger partial charge in [0.15, 0.2) is 0 Å². The van der Waals surface area contributed by atoms with Crippen molar-refractivity contribution in [2.24, 2.45) is 0 Å². The van der Waals surface area contributed by atoms with E-state index >= 15 is 0 Å². The van der Waals surface area contributed by atoms with Crippen LogP contribution in [0.25, 0.3) is 11.1 Å². The van der Waals surface area contributed by atoms with E-state index in [1.54, 1.807) is 0 Å². The van der Waals surface area contributed by atoms with E-state index in [2.05, 4.69) is 22.8 Å². The van der Waals surface area contributed by atoms with Crippen molar-refractivity contribution < 1.29 is 4.79 Å². The monoisotopic (exact) mass is 328 g/mol. The number of amides is 1. The molecule has 0 aliphatic carbocycles. The third kappa shape index (κ3) is 3.32. The number of anilines is 1. The molecule has 3 aromatic rings. The Morgan fingerprint density at radius 3 is 2.56 bits per heavy atom. The maximum Gasteiger partial charge on any atom is 0.256 e. The van der Waals surface area contributed by atoms with Gasteiger partial charge < -0.3 is 10.6 Å². The van der Waals surface area contributed by atoms with E-state index in [-0.39, 0.29) is 5.91 Å². The van der Waals surface area contributed by atoms with E-state index in [1.165, 1.54) is 11.1 Å². The van der Waals surface area contributed by atoms with Gasteiger partial charge in [-0.1, -0.05) is 54.6 Å². The minimum absolute atomic E-state index is 0.0756. The summed E-state index contributed by atoms with van der Waals surface area (Å²) in [5, 5.41) is 6.42. The van der Waals surface area contributed by atoms with E-state index in [0.29, 0.717) is 5.56 Å². The Morgan fingerprint density at radius 2 is 1.68 bits per heavy atom. The number of hydrogen-bond donors (Lipinski definition) is 2. The van der Waals surface area contributed by atoms with Gasteiger partial charge >= 0.3 is 0 Å². The van der Waals surface area contributed by atoms with Gasteiger partial charge in [0, 0.05) is 17.8 Å². The first kappa shape index (κ1) is 15.6. The number of hydrogen-bond acceptors (Lipinski definition) is 2. The molecule has 2 N–H and O–H groups in total. The zero-order valence-electron chi connectivity index (χ0n) is 14.0. The minimum atomic E-state index is -0.0756. The van der Waals surface area contributed by atoms with Crippen LogP contribution in [-0.2, 0) is 13.0 Å². The zero-order chi connectivity index (χ0) is 17.1. The molecule has 3 nitrogen and oxygen atoms in total. The molecule has 0 saturated carbocycles. The summed E-state index contributed by atoms with van der Waals surface area (Å²) in [7, 11) is 0. The standard InChI is InChI=1S/C22H20N2O/c25-22(24-19-11-10-18-15-23-13-12-17(18)14-19)21-9-5-4-8-20(21)16-6-2-1-3-7-16/h1-11,14,23H,12-13,15H2,(H,24,25). The van der Waals surface area contributed by atoms with E-state index in [1.807, 2.05) is 60.7 Å². The third-order valence-corrected chi connectivity index (χ3v) is 4.61. The van der Waals surface area contributed by atoms with Crippen molar-refractivity contribution in [2.75, 3.05) is 11.9 Å². The summed E-state index contributed by atoms with van der Waals surface area (Å²) < 4.78 is 0. The largest absolute Gasteiger partial charge is 0.322 e. The van der Waals surface area contributed by atoms with Crippen LogP contribution in [0.5, 0.6) is 0 Å². The van der Waals surface area contributed by atoms with Crippen molar-refractivity contribution in [3.63, 3.8) is 0 Å². The van der Waals surface area contributed by atoms with Crippen LogP contribution in [0.1, 0.15) is 21.5 Å². The molecule has 0 spiro atoms. The van der Waals surface area contributed by atoms with Crippen LogP contribution in [0.15, 0.2) is 72.8 Å². The third-order valence-electron chi connectivity index (χ3n) is 4.61. The molecule has 0 unspecified atom stereocenters. The van der Waals surface area contributed by atoms with Crippen molar-refractivity contribution in [2.45, 2.75) is 13.0 Å². The molecule has 1 aliphatic rings. The number of nitrogens with one attached hydrogen (secondary N) is 2. The number of carbonyl (C=O) groups is 1. The van der Waals surface area contributed by atoms with Gasteiger partial charge in [0.2, 0.25) is 0 Å². The maximum atomic E-state index is 12.9. The van der Waals surface area contributed by atoms with Gasteiger partial charge in [-0.05, 0) is 53.4 Å². The first-order valence-electron chi connectivity index (χ1n) is 8.59. The Labute approximate surface area is 147 Å². The Morgan fingerprint density at radius 1 is 0.880 bits per heavy atom. The van der Waals surface area contributed by atoms with Crippen LogP contribution in [-0.4, -0.2) is 12.5 Å². The summed E-state index contributed by atoms with van der Waals surface area (Å²) in [5.74, 6) is -0.0756. The van der Waals surface area contributed by atoms with Crippen molar-refractivity contribution in [1.29, 1.82) is 0 Å². The van der Waals surface area contributed by atoms with Gasteiger partial charge in [-0.2, -0.15) is 0 Å². The molecule has 0 radical (unpaired) electrons. The zero-order valence-corrected chi connectivity index (χ0v) is 14.0. The molecule has 25 heavy (non-hydrogen) atoms. The number of fused-ring (bicyclic) bond motifs is 1. The van der Waals surface area contributed by atoms with Crippen LogP contribution in [0.2, 0.25) is 0 Å². The Hall–Kier alpha value is -2.91. The summed E-state index contributed by atoms with van der Waals surface area (Å²) in [6, 6.07) is 23.9. The fourth-order valence-corrected chi connectivity index (χ4v) is 3.30. The van der Waals surface area contributed by atoms with Gasteiger partial charge in [0.25, 0.3) is 5.91 Å². The lowest BCUT2D eigenvalue weighted by Gasteiger charge is -2.18. The summed E-state index contributed by atoms with van der Waals surface area (Å²) in [6.45, 7) is 1.89. The van der Waals surface area contributed by atoms with Crippen LogP contribution < -0.4 is 10.6 Å². The molecule has 0 fully saturated rings.